The van der Waals surface area contributed by atoms with E-state index in [0.29, 0.717) is 16.9 Å². The van der Waals surface area contributed by atoms with Crippen LogP contribution in [0.4, 0.5) is 5.82 Å². The summed E-state index contributed by atoms with van der Waals surface area (Å²) in [7, 11) is 0. The minimum Gasteiger partial charge on any atom is -0.356 e. The van der Waals surface area contributed by atoms with Crippen LogP contribution in [0.25, 0.3) is 0 Å². The minimum absolute atomic E-state index is 0.0448. The van der Waals surface area contributed by atoms with Gasteiger partial charge in [0.2, 0.25) is 4.77 Å². The van der Waals surface area contributed by atoms with Crippen LogP contribution in [-0.2, 0) is 6.54 Å². The number of aromatic nitrogens is 2. The Morgan fingerprint density at radius 2 is 2.05 bits per heavy atom. The number of allylic oxidation sites excluding steroid dienone is 1. The molecular weight excluding hydrogens is 270 g/mol. The molecule has 0 bridgehead atoms. The number of piperidine rings is 1. The van der Waals surface area contributed by atoms with Crippen molar-refractivity contribution < 1.29 is 4.79 Å². The van der Waals surface area contributed by atoms with Gasteiger partial charge in [-0.3, -0.25) is 4.79 Å². The zero-order valence-electron chi connectivity index (χ0n) is 12.2. The van der Waals surface area contributed by atoms with Crippen LogP contribution < -0.4 is 4.90 Å². The van der Waals surface area contributed by atoms with Crippen LogP contribution in [0.15, 0.2) is 12.7 Å². The van der Waals surface area contributed by atoms with E-state index in [9.17, 15) is 4.79 Å². The Kier molecular flexibility index (Phi) is 4.70. The summed E-state index contributed by atoms with van der Waals surface area (Å²) < 4.78 is 2.39. The number of nitrogens with zero attached hydrogens (tertiary/aromatic N) is 3. The summed E-state index contributed by atoms with van der Waals surface area (Å²) in [5.74, 6) is 0.809. The van der Waals surface area contributed by atoms with Gasteiger partial charge >= 0.3 is 0 Å². The van der Waals surface area contributed by atoms with E-state index in [1.54, 1.807) is 13.0 Å². The molecule has 0 saturated carbocycles. The molecule has 0 N–H and O–H groups in total. The van der Waals surface area contributed by atoms with Gasteiger partial charge in [-0.2, -0.15) is 0 Å². The molecule has 0 spiro atoms. The molecule has 0 amide bonds. The van der Waals surface area contributed by atoms with Gasteiger partial charge in [0.1, 0.15) is 5.82 Å². The first-order valence-electron chi connectivity index (χ1n) is 7.04. The fraction of sp³-hybridized carbons (Fsp3) is 0.533. The highest BCUT2D eigenvalue weighted by molar-refractivity contribution is 7.71. The van der Waals surface area contributed by atoms with Crippen LogP contribution in [0.3, 0.4) is 0 Å². The molecule has 108 valence electrons. The smallest absolute Gasteiger partial charge is 0.201 e. The van der Waals surface area contributed by atoms with Crippen LogP contribution in [-0.4, -0.2) is 28.4 Å². The first-order valence-corrected chi connectivity index (χ1v) is 7.45. The Labute approximate surface area is 125 Å². The van der Waals surface area contributed by atoms with Crippen LogP contribution in [0, 0.1) is 11.7 Å². The molecule has 0 radical (unpaired) electrons. The highest BCUT2D eigenvalue weighted by Crippen LogP contribution is 2.25. The quantitative estimate of drug-likeness (QED) is 0.485. The monoisotopic (exact) mass is 291 g/mol. The van der Waals surface area contributed by atoms with E-state index < -0.39 is 0 Å². The molecule has 1 aliphatic rings. The summed E-state index contributed by atoms with van der Waals surface area (Å²) in [6.45, 7) is 9.75. The van der Waals surface area contributed by atoms with E-state index in [-0.39, 0.29) is 5.78 Å². The van der Waals surface area contributed by atoms with Crippen molar-refractivity contribution in [2.24, 2.45) is 0 Å². The lowest BCUT2D eigenvalue weighted by Crippen LogP contribution is -2.32. The largest absolute Gasteiger partial charge is 0.356 e. The molecule has 4 nitrogen and oxygen atoms in total. The molecule has 20 heavy (non-hydrogen) atoms. The lowest BCUT2D eigenvalue weighted by Gasteiger charge is -2.30. The van der Waals surface area contributed by atoms with Crippen molar-refractivity contribution in [1.82, 2.24) is 9.55 Å². The molecule has 1 aromatic heterocycles. The normalized spacial score (nSPS) is 15.2. The lowest BCUT2D eigenvalue weighted by atomic mass is 10.1. The van der Waals surface area contributed by atoms with Crippen molar-refractivity contribution in [3.63, 3.8) is 0 Å². The van der Waals surface area contributed by atoms with Crippen molar-refractivity contribution in [2.45, 2.75) is 39.7 Å². The molecule has 0 aliphatic carbocycles. The van der Waals surface area contributed by atoms with Crippen LogP contribution >= 0.6 is 12.2 Å². The van der Waals surface area contributed by atoms with E-state index in [1.807, 2.05) is 11.5 Å². The van der Waals surface area contributed by atoms with Crippen LogP contribution in [0.2, 0.25) is 0 Å². The first kappa shape index (κ1) is 14.9. The second-order valence-corrected chi connectivity index (χ2v) is 5.55. The van der Waals surface area contributed by atoms with Gasteiger partial charge in [-0.05, 0) is 45.3 Å². The Hall–Kier alpha value is -1.49. The number of rotatable bonds is 4. The van der Waals surface area contributed by atoms with Gasteiger partial charge < -0.3 is 9.47 Å². The van der Waals surface area contributed by atoms with Crippen molar-refractivity contribution in [3.8, 4) is 0 Å². The highest BCUT2D eigenvalue weighted by Gasteiger charge is 2.22. The molecule has 2 rings (SSSR count). The number of carbonyl (C=O) groups excluding carboxylic acids is 1. The molecule has 1 aromatic rings. The summed E-state index contributed by atoms with van der Waals surface area (Å²) in [4.78, 5) is 18.8. The fourth-order valence-electron chi connectivity index (χ4n) is 2.74. The molecule has 2 heterocycles. The molecule has 0 unspecified atom stereocenters. The fourth-order valence-corrected chi connectivity index (χ4v) is 3.04. The van der Waals surface area contributed by atoms with Crippen LogP contribution in [0.1, 0.15) is 42.2 Å². The molecular formula is C15H21N3OS. The zero-order chi connectivity index (χ0) is 14.7. The Balaban J connectivity index is 2.58. The maximum Gasteiger partial charge on any atom is 0.201 e. The molecule has 1 aliphatic heterocycles. The maximum absolute atomic E-state index is 12.1. The Bertz CT molecular complexity index is 586. The lowest BCUT2D eigenvalue weighted by molar-refractivity contribution is 0.101. The van der Waals surface area contributed by atoms with Gasteiger partial charge in [-0.15, -0.1) is 6.58 Å². The predicted molar refractivity (Wildman–Crippen MR) is 84.1 cm³/mol. The number of ketones is 1. The predicted octanol–water partition coefficient (Wildman–Crippen LogP) is 3.30. The topological polar surface area (TPSA) is 38.1 Å². The average Bonchev–Trinajstić information content (AvgIpc) is 2.43. The second kappa shape index (κ2) is 6.31. The second-order valence-electron chi connectivity index (χ2n) is 5.18. The van der Waals surface area contributed by atoms with Gasteiger partial charge in [0.05, 0.1) is 5.56 Å². The molecule has 0 aromatic carbocycles. The van der Waals surface area contributed by atoms with E-state index >= 15 is 0 Å². The SMILES string of the molecule is C=CCn1c(C)c(C(C)=O)c(N2CCCCC2)nc1=S. The van der Waals surface area contributed by atoms with Gasteiger partial charge in [-0.1, -0.05) is 6.08 Å². The molecule has 1 fully saturated rings. The van der Waals surface area contributed by atoms with Crippen molar-refractivity contribution in [2.75, 3.05) is 18.0 Å². The van der Waals surface area contributed by atoms with Gasteiger partial charge in [0.15, 0.2) is 5.78 Å². The maximum atomic E-state index is 12.1. The molecule has 1 saturated heterocycles. The summed E-state index contributed by atoms with van der Waals surface area (Å²) in [5.41, 5.74) is 1.58. The van der Waals surface area contributed by atoms with Crippen molar-refractivity contribution in [3.05, 3.63) is 28.7 Å². The molecule has 5 heteroatoms. The average molecular weight is 291 g/mol. The number of hydrogen-bond donors (Lipinski definition) is 0. The minimum atomic E-state index is 0.0448. The van der Waals surface area contributed by atoms with E-state index in [0.717, 1.165) is 37.4 Å². The zero-order valence-corrected chi connectivity index (χ0v) is 13.0. The van der Waals surface area contributed by atoms with E-state index in [1.165, 1.54) is 6.42 Å². The van der Waals surface area contributed by atoms with Crippen molar-refractivity contribution >= 4 is 23.8 Å². The highest BCUT2D eigenvalue weighted by atomic mass is 32.1. The van der Waals surface area contributed by atoms with Crippen LogP contribution in [0.5, 0.6) is 0 Å². The number of Topliss-reactive ketones (excluding diaryl/α,β-unsaturated/α-hetero) is 1. The Morgan fingerprint density at radius 1 is 1.40 bits per heavy atom. The summed E-state index contributed by atoms with van der Waals surface area (Å²) in [6, 6.07) is 0. The van der Waals surface area contributed by atoms with Gasteiger partial charge in [-0.25, -0.2) is 4.98 Å². The summed E-state index contributed by atoms with van der Waals surface area (Å²) in [5, 5.41) is 0. The first-order chi connectivity index (χ1) is 9.56. The third-order valence-corrected chi connectivity index (χ3v) is 4.05. The standard InChI is InChI=1S/C15H21N3OS/c1-4-8-18-11(2)13(12(3)19)14(16-15(18)20)17-9-6-5-7-10-17/h4H,1,5-10H2,2-3H3. The third kappa shape index (κ3) is 2.82. The van der Waals surface area contributed by atoms with E-state index in [4.69, 9.17) is 12.2 Å². The summed E-state index contributed by atoms with van der Waals surface area (Å²) in [6.07, 6.45) is 5.31. The number of anilines is 1. The summed E-state index contributed by atoms with van der Waals surface area (Å²) >= 11 is 5.37. The number of hydrogen-bond acceptors (Lipinski definition) is 4. The van der Waals surface area contributed by atoms with E-state index in [2.05, 4.69) is 16.5 Å². The molecule has 0 atom stereocenters. The third-order valence-electron chi connectivity index (χ3n) is 3.74. The Morgan fingerprint density at radius 3 is 2.60 bits per heavy atom. The number of carbonyl (C=O) groups is 1. The van der Waals surface area contributed by atoms with Gasteiger partial charge in [0.25, 0.3) is 0 Å². The van der Waals surface area contributed by atoms with Gasteiger partial charge in [0, 0.05) is 25.3 Å². The van der Waals surface area contributed by atoms with Crippen molar-refractivity contribution in [1.29, 1.82) is 0 Å².